The zero-order valence-electron chi connectivity index (χ0n) is 15.5. The summed E-state index contributed by atoms with van der Waals surface area (Å²) < 4.78 is 17.7. The molecule has 1 N–H and O–H groups in total. The maximum absolute atomic E-state index is 12.2. The second-order valence-electron chi connectivity index (χ2n) is 6.56. The topological polar surface area (TPSA) is 82.6 Å². The van der Waals surface area contributed by atoms with Gasteiger partial charge in [0, 0.05) is 4.47 Å². The molecule has 0 fully saturated rings. The van der Waals surface area contributed by atoms with Crippen LogP contribution in [0.5, 0.6) is 11.8 Å². The number of nitrogens with one attached hydrogen (secondary N) is 1. The number of methoxy groups -OCH3 is 1. The number of rotatable bonds is 6. The molecule has 0 saturated carbocycles. The van der Waals surface area contributed by atoms with E-state index in [2.05, 4.69) is 47.1 Å². The van der Waals surface area contributed by atoms with Crippen molar-refractivity contribution in [3.05, 3.63) is 45.1 Å². The van der Waals surface area contributed by atoms with Crippen LogP contribution < -0.4 is 14.8 Å². The van der Waals surface area contributed by atoms with Gasteiger partial charge in [-0.2, -0.15) is 0 Å². The minimum absolute atomic E-state index is 0.139. The number of ether oxygens (including phenoxy) is 3. The summed E-state index contributed by atoms with van der Waals surface area (Å²) in [5.74, 6) is 0.676. The molecule has 146 valence electrons. The van der Waals surface area contributed by atoms with Gasteiger partial charge in [-0.1, -0.05) is 28.1 Å². The van der Waals surface area contributed by atoms with Crippen molar-refractivity contribution in [3.8, 4) is 11.8 Å². The number of carbonyl (C=O) groups is 1. The second kappa shape index (κ2) is 9.36. The number of carbonyl (C=O) groups excluding carboxylic acids is 1. The van der Waals surface area contributed by atoms with E-state index in [9.17, 15) is 4.79 Å². The minimum atomic E-state index is -0.599. The number of benzene rings is 1. The lowest BCUT2D eigenvalue weighted by Gasteiger charge is -2.24. The lowest BCUT2D eigenvalue weighted by Crippen LogP contribution is -2.37. The van der Waals surface area contributed by atoms with Gasteiger partial charge in [-0.3, -0.25) is 0 Å². The van der Waals surface area contributed by atoms with Crippen molar-refractivity contribution in [3.63, 3.8) is 0 Å². The number of hydrogen-bond donors (Lipinski definition) is 1. The third-order valence-electron chi connectivity index (χ3n) is 3.27. The fourth-order valence-electron chi connectivity index (χ4n) is 2.11. The fraction of sp³-hybridized carbons (Fsp3) is 0.389. The number of nitrogens with zero attached hydrogens (tertiary/aromatic N) is 2. The third-order valence-corrected chi connectivity index (χ3v) is 4.48. The quantitative estimate of drug-likeness (QED) is 0.618. The molecule has 9 heteroatoms. The van der Waals surface area contributed by atoms with Gasteiger partial charge in [-0.15, -0.1) is 0 Å². The summed E-state index contributed by atoms with van der Waals surface area (Å²) in [6.45, 7) is 5.56. The van der Waals surface area contributed by atoms with Gasteiger partial charge < -0.3 is 19.5 Å². The van der Waals surface area contributed by atoms with E-state index in [1.165, 1.54) is 13.4 Å². The molecule has 27 heavy (non-hydrogen) atoms. The Morgan fingerprint density at radius 1 is 1.15 bits per heavy atom. The summed E-state index contributed by atoms with van der Waals surface area (Å²) >= 11 is 6.76. The first-order chi connectivity index (χ1) is 12.7. The number of aromatic nitrogens is 2. The van der Waals surface area contributed by atoms with E-state index in [1.54, 1.807) is 0 Å². The SMILES string of the molecule is COc1ncnc(OC[C@H](NC(=O)OC(C)(C)C)c2ccc(Br)cc2)c1Br. The summed E-state index contributed by atoms with van der Waals surface area (Å²) in [7, 11) is 1.51. The van der Waals surface area contributed by atoms with E-state index in [4.69, 9.17) is 14.2 Å². The standard InChI is InChI=1S/C18H21Br2N3O4/c1-18(2,3)27-17(24)23-13(11-5-7-12(19)8-6-11)9-26-16-14(20)15(25-4)21-10-22-16/h5-8,10,13H,9H2,1-4H3,(H,23,24)/t13-/m0/s1. The van der Waals surface area contributed by atoms with Gasteiger partial charge in [0.2, 0.25) is 11.8 Å². The van der Waals surface area contributed by atoms with Crippen LogP contribution >= 0.6 is 31.9 Å². The molecule has 7 nitrogen and oxygen atoms in total. The molecule has 0 bridgehead atoms. The molecule has 1 atom stereocenters. The molecule has 0 saturated heterocycles. The molecule has 0 radical (unpaired) electrons. The van der Waals surface area contributed by atoms with E-state index in [1.807, 2.05) is 45.0 Å². The van der Waals surface area contributed by atoms with Crippen molar-refractivity contribution < 1.29 is 19.0 Å². The van der Waals surface area contributed by atoms with Crippen LogP contribution in [0.15, 0.2) is 39.5 Å². The average molecular weight is 503 g/mol. The Balaban J connectivity index is 2.17. The highest BCUT2D eigenvalue weighted by Gasteiger charge is 2.22. The third kappa shape index (κ3) is 6.66. The molecule has 0 aliphatic heterocycles. The maximum atomic E-state index is 12.2. The molecule has 0 unspecified atom stereocenters. The minimum Gasteiger partial charge on any atom is -0.480 e. The summed E-state index contributed by atoms with van der Waals surface area (Å²) in [6.07, 6.45) is 0.813. The van der Waals surface area contributed by atoms with Crippen LogP contribution in [0, 0.1) is 0 Å². The van der Waals surface area contributed by atoms with Crippen LogP contribution in [0.2, 0.25) is 0 Å². The predicted octanol–water partition coefficient (Wildman–Crippen LogP) is 4.66. The zero-order valence-corrected chi connectivity index (χ0v) is 18.6. The van der Waals surface area contributed by atoms with Gasteiger partial charge in [0.05, 0.1) is 13.2 Å². The molecular weight excluding hydrogens is 482 g/mol. The van der Waals surface area contributed by atoms with Crippen molar-refractivity contribution in [2.45, 2.75) is 32.4 Å². The number of alkyl carbamates (subject to hydrolysis) is 1. The monoisotopic (exact) mass is 501 g/mol. The van der Waals surface area contributed by atoms with E-state index in [-0.39, 0.29) is 6.61 Å². The summed E-state index contributed by atoms with van der Waals surface area (Å²) in [6, 6.07) is 7.13. The Kier molecular flexibility index (Phi) is 7.43. The molecule has 1 aromatic carbocycles. The number of amides is 1. The van der Waals surface area contributed by atoms with Gasteiger partial charge in [0.1, 0.15) is 23.0 Å². The van der Waals surface area contributed by atoms with Crippen LogP contribution in [-0.4, -0.2) is 35.4 Å². The summed E-state index contributed by atoms with van der Waals surface area (Å²) in [4.78, 5) is 20.3. The van der Waals surface area contributed by atoms with E-state index >= 15 is 0 Å². The van der Waals surface area contributed by atoms with Gasteiger partial charge in [0.15, 0.2) is 0 Å². The molecule has 2 aromatic rings. The smallest absolute Gasteiger partial charge is 0.408 e. The Morgan fingerprint density at radius 2 is 1.78 bits per heavy atom. The van der Waals surface area contributed by atoms with Crippen LogP contribution in [0.1, 0.15) is 32.4 Å². The van der Waals surface area contributed by atoms with Gasteiger partial charge in [-0.25, -0.2) is 14.8 Å². The van der Waals surface area contributed by atoms with E-state index in [0.29, 0.717) is 16.2 Å². The van der Waals surface area contributed by atoms with Crippen molar-refractivity contribution in [2.24, 2.45) is 0 Å². The largest absolute Gasteiger partial charge is 0.480 e. The zero-order chi connectivity index (χ0) is 20.0. The second-order valence-corrected chi connectivity index (χ2v) is 8.27. The predicted molar refractivity (Wildman–Crippen MR) is 108 cm³/mol. The molecule has 0 aliphatic rings. The molecular formula is C18H21Br2N3O4. The van der Waals surface area contributed by atoms with Gasteiger partial charge in [0.25, 0.3) is 0 Å². The normalized spacial score (nSPS) is 12.2. The summed E-state index contributed by atoms with van der Waals surface area (Å²) in [5.41, 5.74) is 0.263. The Morgan fingerprint density at radius 3 is 2.37 bits per heavy atom. The Hall–Kier alpha value is -1.87. The van der Waals surface area contributed by atoms with Crippen LogP contribution in [-0.2, 0) is 4.74 Å². The number of halogens is 2. The van der Waals surface area contributed by atoms with E-state index in [0.717, 1.165) is 10.0 Å². The van der Waals surface area contributed by atoms with E-state index < -0.39 is 17.7 Å². The first-order valence-corrected chi connectivity index (χ1v) is 9.70. The van der Waals surface area contributed by atoms with Crippen molar-refractivity contribution in [1.82, 2.24) is 15.3 Å². The van der Waals surface area contributed by atoms with Gasteiger partial charge in [-0.05, 0) is 54.4 Å². The van der Waals surface area contributed by atoms with Crippen LogP contribution in [0.4, 0.5) is 4.79 Å². The van der Waals surface area contributed by atoms with Crippen LogP contribution in [0.25, 0.3) is 0 Å². The van der Waals surface area contributed by atoms with Crippen molar-refractivity contribution >= 4 is 38.0 Å². The van der Waals surface area contributed by atoms with Crippen molar-refractivity contribution in [1.29, 1.82) is 0 Å². The molecule has 1 heterocycles. The van der Waals surface area contributed by atoms with Gasteiger partial charge >= 0.3 is 6.09 Å². The van der Waals surface area contributed by atoms with Crippen molar-refractivity contribution in [2.75, 3.05) is 13.7 Å². The molecule has 1 aromatic heterocycles. The first-order valence-electron chi connectivity index (χ1n) is 8.12. The Bertz CT molecular complexity index is 779. The fourth-order valence-corrected chi connectivity index (χ4v) is 2.86. The van der Waals surface area contributed by atoms with Crippen LogP contribution in [0.3, 0.4) is 0 Å². The molecule has 0 aliphatic carbocycles. The first kappa shape index (κ1) is 21.4. The lowest BCUT2D eigenvalue weighted by molar-refractivity contribution is 0.0486. The summed E-state index contributed by atoms with van der Waals surface area (Å²) in [5, 5.41) is 2.84. The molecule has 2 rings (SSSR count). The highest BCUT2D eigenvalue weighted by molar-refractivity contribution is 9.11. The highest BCUT2D eigenvalue weighted by atomic mass is 79.9. The lowest BCUT2D eigenvalue weighted by atomic mass is 10.1. The molecule has 0 spiro atoms. The number of hydrogen-bond acceptors (Lipinski definition) is 6. The average Bonchev–Trinajstić information content (AvgIpc) is 2.59. The molecule has 1 amide bonds. The Labute approximate surface area is 175 Å². The maximum Gasteiger partial charge on any atom is 0.408 e. The highest BCUT2D eigenvalue weighted by Crippen LogP contribution is 2.30.